The number of nitrogens with one attached hydrogen (secondary N) is 1. The number of Topliss-reactive ketones (excluding diaryl/α,β-unsaturated/α-hetero) is 2. The minimum absolute atomic E-state index is 0.200. The van der Waals surface area contributed by atoms with Gasteiger partial charge in [-0.25, -0.2) is 0 Å². The molecule has 1 saturated heterocycles. The summed E-state index contributed by atoms with van der Waals surface area (Å²) < 4.78 is 11.0. The lowest BCUT2D eigenvalue weighted by atomic mass is 9.62. The zero-order valence-electron chi connectivity index (χ0n) is 22.4. The largest absolute Gasteiger partial charge is 0.497 e. The summed E-state index contributed by atoms with van der Waals surface area (Å²) in [5.74, 6) is -1.06. The van der Waals surface area contributed by atoms with Gasteiger partial charge in [0.1, 0.15) is 23.0 Å². The van der Waals surface area contributed by atoms with E-state index in [9.17, 15) is 14.4 Å². The number of methoxy groups -OCH3 is 2. The van der Waals surface area contributed by atoms with E-state index in [0.717, 1.165) is 11.1 Å². The summed E-state index contributed by atoms with van der Waals surface area (Å²) >= 11 is 1.33. The second-order valence-electron chi connectivity index (χ2n) is 10.4. The molecule has 7 rings (SSSR count). The van der Waals surface area contributed by atoms with E-state index in [1.165, 1.54) is 18.4 Å². The van der Waals surface area contributed by atoms with Gasteiger partial charge in [-0.05, 0) is 52.4 Å². The van der Waals surface area contributed by atoms with Crippen molar-refractivity contribution >= 4 is 40.6 Å². The number of hydrogen-bond acceptors (Lipinski definition) is 7. The predicted molar refractivity (Wildman–Crippen MR) is 157 cm³/mol. The van der Waals surface area contributed by atoms with Crippen LogP contribution >= 0.6 is 11.3 Å². The third kappa shape index (κ3) is 3.47. The number of amides is 1. The number of hydrogen-bond donors (Lipinski definition) is 1. The molecule has 3 aliphatic rings. The molecule has 0 radical (unpaired) electrons. The highest BCUT2D eigenvalue weighted by molar-refractivity contribution is 7.12. The van der Waals surface area contributed by atoms with Crippen LogP contribution in [0.5, 0.6) is 11.5 Å². The number of carbonyl (C=O) groups is 3. The molecule has 41 heavy (non-hydrogen) atoms. The third-order valence-electron chi connectivity index (χ3n) is 8.56. The van der Waals surface area contributed by atoms with Crippen molar-refractivity contribution in [2.24, 2.45) is 5.92 Å². The fourth-order valence-corrected chi connectivity index (χ4v) is 7.60. The van der Waals surface area contributed by atoms with E-state index in [-0.39, 0.29) is 23.0 Å². The highest BCUT2D eigenvalue weighted by atomic mass is 32.1. The van der Waals surface area contributed by atoms with Crippen molar-refractivity contribution in [1.29, 1.82) is 0 Å². The number of benzene rings is 3. The summed E-state index contributed by atoms with van der Waals surface area (Å²) in [6, 6.07) is 22.4. The van der Waals surface area contributed by atoms with Gasteiger partial charge in [-0.3, -0.25) is 14.4 Å². The zero-order chi connectivity index (χ0) is 28.3. The summed E-state index contributed by atoms with van der Waals surface area (Å²) in [5.41, 5.74) is 2.09. The first-order chi connectivity index (χ1) is 20.0. The van der Waals surface area contributed by atoms with Gasteiger partial charge in [0.05, 0.1) is 36.6 Å². The number of anilines is 1. The Bertz CT molecular complexity index is 1750. The molecule has 4 aromatic rings. The van der Waals surface area contributed by atoms with Crippen LogP contribution in [0.4, 0.5) is 5.69 Å². The van der Waals surface area contributed by atoms with Crippen molar-refractivity contribution in [1.82, 2.24) is 4.90 Å². The summed E-state index contributed by atoms with van der Waals surface area (Å²) in [5, 5.41) is 4.91. The van der Waals surface area contributed by atoms with Crippen LogP contribution in [0.25, 0.3) is 6.08 Å². The molecule has 4 heterocycles. The number of ketones is 2. The first-order valence-electron chi connectivity index (χ1n) is 13.3. The SMILES string of the molecule is COc1ccc(C(=O)[C@@H]2[C@H](C(=O)c3cccs3)N3C=Cc4ccccc4[C@@H]3[C@@]23C(=O)Nc2ccccc23)c(OC)c1. The molecule has 7 nitrogen and oxygen atoms in total. The lowest BCUT2D eigenvalue weighted by Gasteiger charge is -2.38. The molecular formula is C33H26N2O5S. The Balaban J connectivity index is 1.54. The van der Waals surface area contributed by atoms with E-state index in [4.69, 9.17) is 9.47 Å². The topological polar surface area (TPSA) is 84.9 Å². The second kappa shape index (κ2) is 9.45. The fraction of sp³-hybridized carbons (Fsp3) is 0.182. The molecule has 0 unspecified atom stereocenters. The smallest absolute Gasteiger partial charge is 0.238 e. The Morgan fingerprint density at radius 3 is 2.51 bits per heavy atom. The van der Waals surface area contributed by atoms with Gasteiger partial charge in [0.15, 0.2) is 11.6 Å². The number of para-hydroxylation sites is 1. The van der Waals surface area contributed by atoms with Crippen molar-refractivity contribution in [3.8, 4) is 11.5 Å². The van der Waals surface area contributed by atoms with Gasteiger partial charge in [-0.1, -0.05) is 48.5 Å². The van der Waals surface area contributed by atoms with Gasteiger partial charge >= 0.3 is 0 Å². The lowest BCUT2D eigenvalue weighted by Crippen LogP contribution is -2.49. The molecule has 0 aliphatic carbocycles. The first kappa shape index (κ1) is 25.3. The van der Waals surface area contributed by atoms with E-state index >= 15 is 0 Å². The molecule has 204 valence electrons. The van der Waals surface area contributed by atoms with Crippen LogP contribution in [0.1, 0.15) is 42.8 Å². The van der Waals surface area contributed by atoms with Crippen molar-refractivity contribution in [2.75, 3.05) is 19.5 Å². The van der Waals surface area contributed by atoms with Gasteiger partial charge in [0.2, 0.25) is 5.91 Å². The van der Waals surface area contributed by atoms with Crippen LogP contribution in [-0.2, 0) is 10.2 Å². The number of fused-ring (bicyclic) bond motifs is 6. The van der Waals surface area contributed by atoms with Gasteiger partial charge in [-0.2, -0.15) is 0 Å². The highest BCUT2D eigenvalue weighted by Crippen LogP contribution is 2.62. The van der Waals surface area contributed by atoms with E-state index < -0.39 is 23.4 Å². The van der Waals surface area contributed by atoms with E-state index in [2.05, 4.69) is 5.32 Å². The van der Waals surface area contributed by atoms with Crippen LogP contribution in [0.3, 0.4) is 0 Å². The molecule has 0 saturated carbocycles. The summed E-state index contributed by atoms with van der Waals surface area (Å²) in [6.45, 7) is 0. The van der Waals surface area contributed by atoms with Crippen molar-refractivity contribution in [2.45, 2.75) is 17.5 Å². The highest BCUT2D eigenvalue weighted by Gasteiger charge is 2.71. The number of thiophene rings is 1. The first-order valence-corrected chi connectivity index (χ1v) is 14.2. The van der Waals surface area contributed by atoms with E-state index in [1.54, 1.807) is 31.4 Å². The maximum atomic E-state index is 15.0. The molecule has 8 heteroatoms. The Hall–Kier alpha value is -4.69. The normalized spacial score (nSPS) is 23.5. The summed E-state index contributed by atoms with van der Waals surface area (Å²) in [4.78, 5) is 46.4. The molecule has 0 bridgehead atoms. The second-order valence-corrected chi connectivity index (χ2v) is 11.3. The number of rotatable bonds is 6. The standard InChI is InChI=1S/C33H26N2O5S/c1-39-20-13-14-22(25(18-20)40-2)29(36)27-28(30(37)26-12-7-17-41-26)35-16-15-19-8-3-4-9-21(19)31(35)33(27)23-10-5-6-11-24(23)34-32(33)38/h3-18,27-28,31H,1-2H3,(H,34,38)/t27-,28+,31+,33-/m0/s1. The minimum atomic E-state index is -1.39. The van der Waals surface area contributed by atoms with Crippen LogP contribution in [0, 0.1) is 5.92 Å². The molecule has 3 aromatic carbocycles. The minimum Gasteiger partial charge on any atom is -0.497 e. The summed E-state index contributed by atoms with van der Waals surface area (Å²) in [7, 11) is 3.03. The maximum Gasteiger partial charge on any atom is 0.238 e. The molecule has 1 N–H and O–H groups in total. The number of nitrogens with zero attached hydrogens (tertiary/aromatic N) is 1. The molecule has 3 aliphatic heterocycles. The van der Waals surface area contributed by atoms with Crippen LogP contribution in [-0.4, -0.2) is 42.6 Å². The van der Waals surface area contributed by atoms with Crippen molar-refractivity contribution in [3.05, 3.63) is 118 Å². The number of carbonyl (C=O) groups excluding carboxylic acids is 3. The monoisotopic (exact) mass is 562 g/mol. The Morgan fingerprint density at radius 1 is 0.927 bits per heavy atom. The Kier molecular flexibility index (Phi) is 5.83. The molecule has 1 aromatic heterocycles. The fourth-order valence-electron chi connectivity index (χ4n) is 6.90. The maximum absolute atomic E-state index is 15.0. The quantitative estimate of drug-likeness (QED) is 0.302. The van der Waals surface area contributed by atoms with Gasteiger partial charge in [0.25, 0.3) is 0 Å². The molecule has 1 spiro atoms. The van der Waals surface area contributed by atoms with Gasteiger partial charge < -0.3 is 19.7 Å². The van der Waals surface area contributed by atoms with Crippen LogP contribution < -0.4 is 14.8 Å². The number of ether oxygens (including phenoxy) is 2. The average molecular weight is 563 g/mol. The molecular weight excluding hydrogens is 536 g/mol. The zero-order valence-corrected chi connectivity index (χ0v) is 23.2. The Morgan fingerprint density at radius 2 is 1.73 bits per heavy atom. The van der Waals surface area contributed by atoms with E-state index in [0.29, 0.717) is 27.6 Å². The van der Waals surface area contributed by atoms with Crippen LogP contribution in [0.15, 0.2) is 90.4 Å². The van der Waals surface area contributed by atoms with Crippen LogP contribution in [0.2, 0.25) is 0 Å². The molecule has 1 amide bonds. The van der Waals surface area contributed by atoms with Gasteiger partial charge in [-0.15, -0.1) is 11.3 Å². The van der Waals surface area contributed by atoms with Crippen molar-refractivity contribution in [3.63, 3.8) is 0 Å². The van der Waals surface area contributed by atoms with Crippen molar-refractivity contribution < 1.29 is 23.9 Å². The van der Waals surface area contributed by atoms with Gasteiger partial charge in [0, 0.05) is 18.0 Å². The average Bonchev–Trinajstić information content (AvgIpc) is 3.73. The molecule has 1 fully saturated rings. The van der Waals surface area contributed by atoms with E-state index in [1.807, 2.05) is 77.2 Å². The third-order valence-corrected chi connectivity index (χ3v) is 9.44. The summed E-state index contributed by atoms with van der Waals surface area (Å²) in [6.07, 6.45) is 3.82. The Labute approximate surface area is 241 Å². The lowest BCUT2D eigenvalue weighted by molar-refractivity contribution is -0.122. The predicted octanol–water partition coefficient (Wildman–Crippen LogP) is 5.75. The molecule has 4 atom stereocenters.